The van der Waals surface area contributed by atoms with Gasteiger partial charge in [-0.1, -0.05) is 101 Å². The van der Waals surface area contributed by atoms with Crippen molar-refractivity contribution < 1.29 is 4.79 Å². The fourth-order valence-corrected chi connectivity index (χ4v) is 5.59. The number of benzene rings is 3. The van der Waals surface area contributed by atoms with Crippen LogP contribution >= 0.6 is 35.0 Å². The van der Waals surface area contributed by atoms with Crippen LogP contribution in [0.15, 0.2) is 102 Å². The maximum Gasteiger partial charge on any atom is 0.273 e. The fraction of sp³-hybridized carbons (Fsp3) is 0.138. The summed E-state index contributed by atoms with van der Waals surface area (Å²) in [4.78, 5) is 21.9. The predicted octanol–water partition coefficient (Wildman–Crippen LogP) is 6.61. The van der Waals surface area contributed by atoms with E-state index in [9.17, 15) is 4.79 Å². The molecule has 1 amide bonds. The molecule has 2 aromatic heterocycles. The minimum atomic E-state index is -0.307. The second-order valence-electron chi connectivity index (χ2n) is 8.66. The highest BCUT2D eigenvalue weighted by molar-refractivity contribution is 7.98. The Balaban J connectivity index is 1.37. The summed E-state index contributed by atoms with van der Waals surface area (Å²) in [5.74, 6) is 0.196. The van der Waals surface area contributed by atoms with Crippen molar-refractivity contribution in [1.82, 2.24) is 30.3 Å². The Morgan fingerprint density at radius 3 is 2.10 bits per heavy atom. The average molecular weight is 576 g/mol. The molecule has 196 valence electrons. The van der Waals surface area contributed by atoms with Gasteiger partial charge < -0.3 is 5.32 Å². The predicted molar refractivity (Wildman–Crippen MR) is 155 cm³/mol. The van der Waals surface area contributed by atoms with Gasteiger partial charge in [-0.15, -0.1) is 5.10 Å². The van der Waals surface area contributed by atoms with Gasteiger partial charge in [-0.3, -0.25) is 4.79 Å². The molecule has 0 saturated heterocycles. The Labute approximate surface area is 240 Å². The summed E-state index contributed by atoms with van der Waals surface area (Å²) >= 11 is 13.9. The lowest BCUT2D eigenvalue weighted by atomic mass is 9.88. The van der Waals surface area contributed by atoms with E-state index in [0.717, 1.165) is 6.42 Å². The first-order valence-electron chi connectivity index (χ1n) is 12.3. The second-order valence-corrected chi connectivity index (χ2v) is 10.5. The van der Waals surface area contributed by atoms with E-state index in [4.69, 9.17) is 23.2 Å². The van der Waals surface area contributed by atoms with Crippen molar-refractivity contribution >= 4 is 40.9 Å². The van der Waals surface area contributed by atoms with Crippen LogP contribution in [0.4, 0.5) is 0 Å². The first-order valence-corrected chi connectivity index (χ1v) is 14.0. The van der Waals surface area contributed by atoms with Gasteiger partial charge in [-0.2, -0.15) is 0 Å². The molecule has 5 aromatic rings. The van der Waals surface area contributed by atoms with Gasteiger partial charge in [0.15, 0.2) is 10.9 Å². The zero-order chi connectivity index (χ0) is 27.0. The number of rotatable bonds is 10. The number of hydrogen-bond acceptors (Lipinski definition) is 6. The van der Waals surface area contributed by atoms with Gasteiger partial charge in [-0.25, -0.2) is 14.6 Å². The Hall–Kier alpha value is -3.72. The van der Waals surface area contributed by atoms with Gasteiger partial charge in [0, 0.05) is 40.7 Å². The molecule has 0 bridgehead atoms. The normalized spacial score (nSPS) is 11.1. The molecule has 0 spiro atoms. The third kappa shape index (κ3) is 6.84. The van der Waals surface area contributed by atoms with Gasteiger partial charge in [-0.05, 0) is 41.8 Å². The molecule has 7 nitrogen and oxygen atoms in total. The quantitative estimate of drug-likeness (QED) is 0.149. The van der Waals surface area contributed by atoms with Crippen molar-refractivity contribution in [1.29, 1.82) is 0 Å². The highest BCUT2D eigenvalue weighted by Crippen LogP contribution is 2.28. The standard InChI is InChI=1S/C29H24Cl2N6OS/c30-22-16-23(31)18-24(17-22)37-26(19-39-29-33-13-7-14-34-29)27(35-36-37)28(38)32-15-12-25(20-8-3-1-4-9-20)21-10-5-2-6-11-21/h1-11,13-14,16-18,25H,12,15,19H2,(H,32,38). The molecule has 10 heteroatoms. The van der Waals surface area contributed by atoms with Gasteiger partial charge >= 0.3 is 0 Å². The van der Waals surface area contributed by atoms with Gasteiger partial charge in [0.25, 0.3) is 5.91 Å². The third-order valence-electron chi connectivity index (χ3n) is 6.07. The van der Waals surface area contributed by atoms with E-state index in [1.807, 2.05) is 36.4 Å². The van der Waals surface area contributed by atoms with Crippen molar-refractivity contribution in [2.75, 3.05) is 6.54 Å². The number of halogens is 2. The number of nitrogens with one attached hydrogen (secondary N) is 1. The van der Waals surface area contributed by atoms with Gasteiger partial charge in [0.1, 0.15) is 0 Å². The molecule has 0 radical (unpaired) electrons. The Morgan fingerprint density at radius 2 is 1.49 bits per heavy atom. The second kappa shape index (κ2) is 12.9. The molecule has 1 N–H and O–H groups in total. The summed E-state index contributed by atoms with van der Waals surface area (Å²) in [6.07, 6.45) is 4.07. The summed E-state index contributed by atoms with van der Waals surface area (Å²) in [5, 5.41) is 13.1. The molecule has 0 fully saturated rings. The van der Waals surface area contributed by atoms with Crippen LogP contribution < -0.4 is 5.32 Å². The fourth-order valence-electron chi connectivity index (χ4n) is 4.28. The largest absolute Gasteiger partial charge is 0.351 e. The molecular formula is C29H24Cl2N6OS. The molecule has 0 saturated carbocycles. The smallest absolute Gasteiger partial charge is 0.273 e. The zero-order valence-electron chi connectivity index (χ0n) is 20.7. The summed E-state index contributed by atoms with van der Waals surface area (Å²) in [6.45, 7) is 0.456. The molecule has 5 rings (SSSR count). The average Bonchev–Trinajstić information content (AvgIpc) is 3.39. The van der Waals surface area contributed by atoms with Crippen LogP contribution in [0.2, 0.25) is 10.0 Å². The monoisotopic (exact) mass is 574 g/mol. The van der Waals surface area contributed by atoms with Gasteiger partial charge in [0.05, 0.1) is 11.4 Å². The van der Waals surface area contributed by atoms with E-state index in [1.54, 1.807) is 41.3 Å². The minimum absolute atomic E-state index is 0.141. The Kier molecular flexibility index (Phi) is 8.88. The van der Waals surface area contributed by atoms with Crippen LogP contribution in [0.3, 0.4) is 0 Å². The number of amides is 1. The summed E-state index contributed by atoms with van der Waals surface area (Å²) < 4.78 is 1.58. The van der Waals surface area contributed by atoms with Crippen LogP contribution in [-0.2, 0) is 5.75 Å². The lowest BCUT2D eigenvalue weighted by Gasteiger charge is -2.18. The lowest BCUT2D eigenvalue weighted by Crippen LogP contribution is -2.27. The van der Waals surface area contributed by atoms with E-state index in [-0.39, 0.29) is 17.5 Å². The summed E-state index contributed by atoms with van der Waals surface area (Å²) in [7, 11) is 0. The van der Waals surface area contributed by atoms with E-state index in [2.05, 4.69) is 49.9 Å². The molecule has 2 heterocycles. The van der Waals surface area contributed by atoms with Crippen molar-refractivity contribution in [2.24, 2.45) is 0 Å². The molecule has 39 heavy (non-hydrogen) atoms. The summed E-state index contributed by atoms with van der Waals surface area (Å²) in [6, 6.07) is 27.4. The molecule has 3 aromatic carbocycles. The number of carbonyl (C=O) groups is 1. The molecule has 0 aliphatic heterocycles. The maximum absolute atomic E-state index is 13.4. The summed E-state index contributed by atoms with van der Waals surface area (Å²) in [5.41, 5.74) is 3.82. The Bertz CT molecular complexity index is 1470. The maximum atomic E-state index is 13.4. The SMILES string of the molecule is O=C(NCCC(c1ccccc1)c1ccccc1)c1nnn(-c2cc(Cl)cc(Cl)c2)c1CSc1ncccn1. The molecule has 0 atom stereocenters. The molecule has 0 unspecified atom stereocenters. The van der Waals surface area contributed by atoms with E-state index < -0.39 is 0 Å². The van der Waals surface area contributed by atoms with Crippen molar-refractivity contribution in [3.05, 3.63) is 130 Å². The van der Waals surface area contributed by atoms with Crippen LogP contribution in [0.25, 0.3) is 5.69 Å². The van der Waals surface area contributed by atoms with Crippen LogP contribution in [0, 0.1) is 0 Å². The van der Waals surface area contributed by atoms with Crippen LogP contribution in [-0.4, -0.2) is 37.4 Å². The first kappa shape index (κ1) is 26.9. The number of hydrogen-bond donors (Lipinski definition) is 1. The van der Waals surface area contributed by atoms with E-state index >= 15 is 0 Å². The van der Waals surface area contributed by atoms with Crippen molar-refractivity contribution in [2.45, 2.75) is 23.2 Å². The molecular weight excluding hydrogens is 551 g/mol. The van der Waals surface area contributed by atoms with Crippen LogP contribution in [0.1, 0.15) is 39.6 Å². The number of aromatic nitrogens is 5. The first-order chi connectivity index (χ1) is 19.1. The third-order valence-corrected chi connectivity index (χ3v) is 7.40. The number of carbonyl (C=O) groups excluding carboxylic acids is 1. The highest BCUT2D eigenvalue weighted by atomic mass is 35.5. The number of thioether (sulfide) groups is 1. The Morgan fingerprint density at radius 1 is 0.872 bits per heavy atom. The topological polar surface area (TPSA) is 85.6 Å². The van der Waals surface area contributed by atoms with E-state index in [1.165, 1.54) is 22.9 Å². The van der Waals surface area contributed by atoms with Crippen molar-refractivity contribution in [3.63, 3.8) is 0 Å². The molecule has 0 aliphatic carbocycles. The minimum Gasteiger partial charge on any atom is -0.351 e. The lowest BCUT2D eigenvalue weighted by molar-refractivity contribution is 0.0947. The van der Waals surface area contributed by atoms with Crippen LogP contribution in [0.5, 0.6) is 0 Å². The number of nitrogens with zero attached hydrogens (tertiary/aromatic N) is 5. The zero-order valence-corrected chi connectivity index (χ0v) is 23.1. The van der Waals surface area contributed by atoms with E-state index in [0.29, 0.717) is 38.9 Å². The van der Waals surface area contributed by atoms with Gasteiger partial charge in [0.2, 0.25) is 0 Å². The van der Waals surface area contributed by atoms with Crippen molar-refractivity contribution in [3.8, 4) is 5.69 Å². The molecule has 0 aliphatic rings. The highest BCUT2D eigenvalue weighted by Gasteiger charge is 2.22.